The first kappa shape index (κ1) is 16.7. The molecule has 3 nitrogen and oxygen atoms in total. The molecule has 1 N–H and O–H groups in total. The molecule has 0 amide bonds. The topological polar surface area (TPSA) is 54.4 Å². The van der Waals surface area contributed by atoms with Crippen LogP contribution in [0.3, 0.4) is 0 Å². The Hall–Kier alpha value is -1.64. The number of benzene rings is 1. The van der Waals surface area contributed by atoms with Crippen molar-refractivity contribution >= 4 is 11.8 Å². The van der Waals surface area contributed by atoms with Gasteiger partial charge >= 0.3 is 5.97 Å². The van der Waals surface area contributed by atoms with Crippen molar-refractivity contribution in [2.45, 2.75) is 53.4 Å². The molecule has 1 aromatic carbocycles. The second-order valence-electron chi connectivity index (χ2n) is 6.90. The van der Waals surface area contributed by atoms with E-state index in [0.717, 1.165) is 29.5 Å². The maximum atomic E-state index is 12.8. The van der Waals surface area contributed by atoms with Gasteiger partial charge < -0.3 is 5.11 Å². The molecule has 0 heterocycles. The molecule has 3 heteroatoms. The lowest BCUT2D eigenvalue weighted by Crippen LogP contribution is -2.38. The first-order valence-electron chi connectivity index (χ1n) is 8.13. The lowest BCUT2D eigenvalue weighted by Gasteiger charge is -2.33. The predicted molar refractivity (Wildman–Crippen MR) is 87.0 cm³/mol. The van der Waals surface area contributed by atoms with Gasteiger partial charge in [-0.2, -0.15) is 0 Å². The number of hydrogen-bond acceptors (Lipinski definition) is 2. The van der Waals surface area contributed by atoms with Gasteiger partial charge in [0.2, 0.25) is 0 Å². The molecule has 1 aliphatic carbocycles. The molecule has 120 valence electrons. The van der Waals surface area contributed by atoms with Crippen molar-refractivity contribution in [2.75, 3.05) is 0 Å². The van der Waals surface area contributed by atoms with E-state index in [4.69, 9.17) is 0 Å². The fraction of sp³-hybridized carbons (Fsp3) is 0.579. The van der Waals surface area contributed by atoms with E-state index in [2.05, 4.69) is 19.1 Å². The molecule has 1 aliphatic rings. The summed E-state index contributed by atoms with van der Waals surface area (Å²) in [6.45, 7) is 8.13. The molecule has 0 spiro atoms. The molecule has 3 unspecified atom stereocenters. The van der Waals surface area contributed by atoms with Crippen LogP contribution in [0.2, 0.25) is 0 Å². The number of carbonyl (C=O) groups excluding carboxylic acids is 1. The number of carboxylic acid groups (broad SMARTS) is 1. The number of rotatable bonds is 4. The van der Waals surface area contributed by atoms with Gasteiger partial charge in [-0.3, -0.25) is 9.59 Å². The lowest BCUT2D eigenvalue weighted by molar-refractivity contribution is -0.149. The maximum absolute atomic E-state index is 12.8. The number of aryl methyl sites for hydroxylation is 3. The fourth-order valence-corrected chi connectivity index (χ4v) is 4.02. The van der Waals surface area contributed by atoms with E-state index in [0.29, 0.717) is 12.8 Å². The Morgan fingerprint density at radius 3 is 2.27 bits per heavy atom. The molecular formula is C19H26O3. The van der Waals surface area contributed by atoms with Crippen molar-refractivity contribution in [2.24, 2.45) is 17.8 Å². The van der Waals surface area contributed by atoms with Gasteiger partial charge in [0.25, 0.3) is 0 Å². The van der Waals surface area contributed by atoms with Crippen LogP contribution in [0.15, 0.2) is 12.1 Å². The summed E-state index contributed by atoms with van der Waals surface area (Å²) in [6, 6.07) is 4.18. The zero-order chi connectivity index (χ0) is 16.4. The molecule has 0 aromatic heterocycles. The number of carboxylic acids is 1. The highest BCUT2D eigenvalue weighted by atomic mass is 16.4. The standard InChI is InChI=1S/C19H26O3/c1-11-8-13(3)16(14(4)9-11)10-17(20)18-12(2)6-5-7-15(18)19(21)22/h8-9,12,15,18H,5-7,10H2,1-4H3,(H,21,22). The summed E-state index contributed by atoms with van der Waals surface area (Å²) in [4.78, 5) is 24.3. The summed E-state index contributed by atoms with van der Waals surface area (Å²) >= 11 is 0. The van der Waals surface area contributed by atoms with E-state index >= 15 is 0 Å². The summed E-state index contributed by atoms with van der Waals surface area (Å²) in [6.07, 6.45) is 2.84. The summed E-state index contributed by atoms with van der Waals surface area (Å²) < 4.78 is 0. The molecule has 2 rings (SSSR count). The van der Waals surface area contributed by atoms with Gasteiger partial charge in [0, 0.05) is 12.3 Å². The third-order valence-corrected chi connectivity index (χ3v) is 5.10. The normalized spacial score (nSPS) is 25.0. The molecular weight excluding hydrogens is 276 g/mol. The van der Waals surface area contributed by atoms with E-state index in [1.54, 1.807) is 0 Å². The SMILES string of the molecule is Cc1cc(C)c(CC(=O)C2C(C)CCCC2C(=O)O)c(C)c1. The van der Waals surface area contributed by atoms with Crippen molar-refractivity contribution in [1.29, 1.82) is 0 Å². The zero-order valence-corrected chi connectivity index (χ0v) is 14.0. The van der Waals surface area contributed by atoms with Crippen LogP contribution in [0.25, 0.3) is 0 Å². The van der Waals surface area contributed by atoms with Crippen LogP contribution in [0, 0.1) is 38.5 Å². The van der Waals surface area contributed by atoms with Crippen LogP contribution >= 0.6 is 0 Å². The molecule has 0 bridgehead atoms. The Labute approximate surface area is 132 Å². The highest BCUT2D eigenvalue weighted by Crippen LogP contribution is 2.36. The Kier molecular flexibility index (Phi) is 5.05. The minimum absolute atomic E-state index is 0.0923. The quantitative estimate of drug-likeness (QED) is 0.919. The van der Waals surface area contributed by atoms with Gasteiger partial charge in [0.05, 0.1) is 5.92 Å². The smallest absolute Gasteiger partial charge is 0.307 e. The average Bonchev–Trinajstić information content (AvgIpc) is 2.42. The molecule has 0 aliphatic heterocycles. The number of carbonyl (C=O) groups is 2. The van der Waals surface area contributed by atoms with Gasteiger partial charge in [-0.05, 0) is 56.2 Å². The number of aliphatic carboxylic acids is 1. The maximum Gasteiger partial charge on any atom is 0.307 e. The van der Waals surface area contributed by atoms with Crippen LogP contribution in [-0.4, -0.2) is 16.9 Å². The van der Waals surface area contributed by atoms with E-state index in [-0.39, 0.29) is 17.6 Å². The summed E-state index contributed by atoms with van der Waals surface area (Å²) in [5, 5.41) is 9.43. The van der Waals surface area contributed by atoms with Gasteiger partial charge in [-0.1, -0.05) is 31.0 Å². The second-order valence-corrected chi connectivity index (χ2v) is 6.90. The monoisotopic (exact) mass is 302 g/mol. The summed E-state index contributed by atoms with van der Waals surface area (Å²) in [7, 11) is 0. The molecule has 1 fully saturated rings. The average molecular weight is 302 g/mol. The third-order valence-electron chi connectivity index (χ3n) is 5.10. The Morgan fingerprint density at radius 1 is 1.14 bits per heavy atom. The van der Waals surface area contributed by atoms with E-state index in [9.17, 15) is 14.7 Å². The Bertz CT molecular complexity index is 565. The number of hydrogen-bond donors (Lipinski definition) is 1. The highest BCUT2D eigenvalue weighted by molar-refractivity contribution is 5.88. The van der Waals surface area contributed by atoms with Crippen molar-refractivity contribution < 1.29 is 14.7 Å². The Morgan fingerprint density at radius 2 is 1.73 bits per heavy atom. The Balaban J connectivity index is 2.25. The summed E-state index contributed by atoms with van der Waals surface area (Å²) in [5.74, 6) is -1.42. The molecule has 1 saturated carbocycles. The van der Waals surface area contributed by atoms with Gasteiger partial charge in [0.15, 0.2) is 0 Å². The molecule has 1 aromatic rings. The van der Waals surface area contributed by atoms with Gasteiger partial charge in [0.1, 0.15) is 5.78 Å². The van der Waals surface area contributed by atoms with E-state index in [1.807, 2.05) is 20.8 Å². The van der Waals surface area contributed by atoms with Crippen molar-refractivity contribution in [3.8, 4) is 0 Å². The largest absolute Gasteiger partial charge is 0.481 e. The van der Waals surface area contributed by atoms with E-state index < -0.39 is 11.9 Å². The van der Waals surface area contributed by atoms with Crippen LogP contribution in [-0.2, 0) is 16.0 Å². The van der Waals surface area contributed by atoms with Crippen LogP contribution in [0.5, 0.6) is 0 Å². The van der Waals surface area contributed by atoms with Crippen LogP contribution in [0.1, 0.15) is 48.4 Å². The zero-order valence-electron chi connectivity index (χ0n) is 14.0. The minimum Gasteiger partial charge on any atom is -0.481 e. The fourth-order valence-electron chi connectivity index (χ4n) is 4.02. The lowest BCUT2D eigenvalue weighted by atomic mass is 9.69. The number of Topliss-reactive ketones (excluding diaryl/α,β-unsaturated/α-hetero) is 1. The van der Waals surface area contributed by atoms with Gasteiger partial charge in [-0.15, -0.1) is 0 Å². The molecule has 0 saturated heterocycles. The van der Waals surface area contributed by atoms with Crippen LogP contribution < -0.4 is 0 Å². The molecule has 0 radical (unpaired) electrons. The van der Waals surface area contributed by atoms with Crippen LogP contribution in [0.4, 0.5) is 0 Å². The van der Waals surface area contributed by atoms with E-state index in [1.165, 1.54) is 5.56 Å². The first-order valence-corrected chi connectivity index (χ1v) is 8.13. The van der Waals surface area contributed by atoms with Crippen molar-refractivity contribution in [1.82, 2.24) is 0 Å². The third kappa shape index (κ3) is 3.40. The number of ketones is 1. The van der Waals surface area contributed by atoms with Gasteiger partial charge in [-0.25, -0.2) is 0 Å². The molecule has 3 atom stereocenters. The first-order chi connectivity index (χ1) is 10.3. The summed E-state index contributed by atoms with van der Waals surface area (Å²) in [5.41, 5.74) is 4.51. The second kappa shape index (κ2) is 6.64. The minimum atomic E-state index is -0.817. The highest BCUT2D eigenvalue weighted by Gasteiger charge is 2.39. The van der Waals surface area contributed by atoms with Crippen molar-refractivity contribution in [3.63, 3.8) is 0 Å². The molecule has 22 heavy (non-hydrogen) atoms. The predicted octanol–water partition coefficient (Wildman–Crippen LogP) is 3.86. The van der Waals surface area contributed by atoms with Crippen molar-refractivity contribution in [3.05, 3.63) is 34.4 Å².